The molecular weight excluding hydrogens is 216 g/mol. The zero-order valence-electron chi connectivity index (χ0n) is 10.7. The molecule has 3 N–H and O–H groups in total. The van der Waals surface area contributed by atoms with Crippen LogP contribution in [0.3, 0.4) is 0 Å². The summed E-state index contributed by atoms with van der Waals surface area (Å²) in [5, 5.41) is 15.6. The van der Waals surface area contributed by atoms with Crippen molar-refractivity contribution in [3.63, 3.8) is 0 Å². The smallest absolute Gasteiger partial charge is 0.305 e. The van der Waals surface area contributed by atoms with Crippen LogP contribution in [0, 0.1) is 11.8 Å². The molecule has 0 aromatic carbocycles. The van der Waals surface area contributed by atoms with Crippen LogP contribution in [0.5, 0.6) is 0 Å². The van der Waals surface area contributed by atoms with Crippen LogP contribution >= 0.6 is 0 Å². The van der Waals surface area contributed by atoms with Gasteiger partial charge >= 0.3 is 5.97 Å². The van der Waals surface area contributed by atoms with Gasteiger partial charge in [-0.25, -0.2) is 0 Å². The lowest BCUT2D eigenvalue weighted by Gasteiger charge is -2.44. The van der Waals surface area contributed by atoms with Gasteiger partial charge in [-0.1, -0.05) is 19.8 Å². The van der Waals surface area contributed by atoms with Crippen LogP contribution in [-0.2, 0) is 4.79 Å². The topological polar surface area (TPSA) is 61.4 Å². The van der Waals surface area contributed by atoms with Crippen LogP contribution in [0.25, 0.3) is 0 Å². The van der Waals surface area contributed by atoms with Crippen LogP contribution in [-0.4, -0.2) is 36.2 Å². The number of carbonyl (C=O) groups is 1. The van der Waals surface area contributed by atoms with Crippen molar-refractivity contribution in [3.8, 4) is 0 Å². The standard InChI is InChI=1S/C13H24N2O2/c1-10-3-2-4-11(5-10)7-15-13(6-12(16)17)8-14-9-13/h10-11,14-15H,2-9H2,1H3,(H,16,17). The summed E-state index contributed by atoms with van der Waals surface area (Å²) in [7, 11) is 0. The molecule has 17 heavy (non-hydrogen) atoms. The number of hydrogen-bond donors (Lipinski definition) is 3. The maximum Gasteiger partial charge on any atom is 0.305 e. The van der Waals surface area contributed by atoms with Crippen molar-refractivity contribution in [1.29, 1.82) is 0 Å². The first-order valence-electron chi connectivity index (χ1n) is 6.77. The molecule has 0 amide bonds. The molecule has 4 nitrogen and oxygen atoms in total. The zero-order valence-corrected chi connectivity index (χ0v) is 10.7. The first kappa shape index (κ1) is 12.8. The van der Waals surface area contributed by atoms with Crippen molar-refractivity contribution in [1.82, 2.24) is 10.6 Å². The molecule has 2 aliphatic rings. The minimum absolute atomic E-state index is 0.174. The number of carboxylic acids is 1. The Bertz CT molecular complexity index is 277. The molecule has 2 fully saturated rings. The highest BCUT2D eigenvalue weighted by Gasteiger charge is 2.39. The van der Waals surface area contributed by atoms with Crippen molar-refractivity contribution >= 4 is 5.97 Å². The van der Waals surface area contributed by atoms with E-state index in [2.05, 4.69) is 17.6 Å². The highest BCUT2D eigenvalue weighted by atomic mass is 16.4. The Kier molecular flexibility index (Phi) is 4.05. The summed E-state index contributed by atoms with van der Waals surface area (Å²) in [6, 6.07) is 0. The summed E-state index contributed by atoms with van der Waals surface area (Å²) in [5.74, 6) is 0.881. The van der Waals surface area contributed by atoms with Crippen LogP contribution < -0.4 is 10.6 Å². The number of nitrogens with one attached hydrogen (secondary N) is 2. The predicted octanol–water partition coefficient (Wildman–Crippen LogP) is 1.22. The first-order valence-corrected chi connectivity index (χ1v) is 6.77. The van der Waals surface area contributed by atoms with Crippen molar-refractivity contribution in [2.24, 2.45) is 11.8 Å². The molecule has 2 atom stereocenters. The molecule has 2 unspecified atom stereocenters. The fourth-order valence-electron chi connectivity index (χ4n) is 3.13. The van der Waals surface area contributed by atoms with Crippen LogP contribution in [0.2, 0.25) is 0 Å². The van der Waals surface area contributed by atoms with Gasteiger partial charge in [0.2, 0.25) is 0 Å². The fraction of sp³-hybridized carbons (Fsp3) is 0.923. The summed E-state index contributed by atoms with van der Waals surface area (Å²) in [5.41, 5.74) is -0.174. The first-order chi connectivity index (χ1) is 8.10. The van der Waals surface area contributed by atoms with Gasteiger partial charge in [0.15, 0.2) is 0 Å². The number of carboxylic acid groups (broad SMARTS) is 1. The van der Waals surface area contributed by atoms with E-state index in [1.54, 1.807) is 0 Å². The lowest BCUT2D eigenvalue weighted by atomic mass is 9.81. The molecule has 1 saturated heterocycles. The quantitative estimate of drug-likeness (QED) is 0.676. The molecule has 98 valence electrons. The van der Waals surface area contributed by atoms with Crippen LogP contribution in [0.15, 0.2) is 0 Å². The average molecular weight is 240 g/mol. The molecule has 1 saturated carbocycles. The van der Waals surface area contributed by atoms with Crippen molar-refractivity contribution in [2.75, 3.05) is 19.6 Å². The van der Waals surface area contributed by atoms with Crippen LogP contribution in [0.4, 0.5) is 0 Å². The fourth-order valence-corrected chi connectivity index (χ4v) is 3.13. The summed E-state index contributed by atoms with van der Waals surface area (Å²) in [6.45, 7) is 4.90. The van der Waals surface area contributed by atoms with Gasteiger partial charge in [0.1, 0.15) is 0 Å². The molecule has 0 radical (unpaired) electrons. The molecule has 0 aromatic rings. The van der Waals surface area contributed by atoms with E-state index in [4.69, 9.17) is 5.11 Å². The van der Waals surface area contributed by atoms with Gasteiger partial charge in [-0.2, -0.15) is 0 Å². The van der Waals surface area contributed by atoms with E-state index in [9.17, 15) is 4.79 Å². The van der Waals surface area contributed by atoms with Crippen molar-refractivity contribution in [2.45, 2.75) is 44.6 Å². The minimum Gasteiger partial charge on any atom is -0.481 e. The maximum absolute atomic E-state index is 10.8. The summed E-state index contributed by atoms with van der Waals surface area (Å²) >= 11 is 0. The van der Waals surface area contributed by atoms with Gasteiger partial charge in [0, 0.05) is 13.1 Å². The van der Waals surface area contributed by atoms with Gasteiger partial charge in [-0.05, 0) is 31.2 Å². The third-order valence-electron chi connectivity index (χ3n) is 4.23. The monoisotopic (exact) mass is 240 g/mol. The maximum atomic E-state index is 10.8. The molecule has 2 rings (SSSR count). The Balaban J connectivity index is 1.77. The van der Waals surface area contributed by atoms with Gasteiger partial charge in [0.05, 0.1) is 12.0 Å². The molecule has 0 bridgehead atoms. The molecule has 1 aliphatic heterocycles. The summed E-state index contributed by atoms with van der Waals surface area (Å²) in [6.07, 6.45) is 5.52. The number of aliphatic carboxylic acids is 1. The van der Waals surface area contributed by atoms with Crippen molar-refractivity contribution in [3.05, 3.63) is 0 Å². The molecule has 4 heteroatoms. The molecule has 1 heterocycles. The SMILES string of the molecule is CC1CCCC(CNC2(CC(=O)O)CNC2)C1. The Morgan fingerprint density at radius 1 is 1.47 bits per heavy atom. The van der Waals surface area contributed by atoms with Gasteiger partial charge in [-0.3, -0.25) is 4.79 Å². The van der Waals surface area contributed by atoms with Gasteiger partial charge in [-0.15, -0.1) is 0 Å². The van der Waals surface area contributed by atoms with E-state index >= 15 is 0 Å². The molecule has 0 aromatic heterocycles. The zero-order chi connectivity index (χ0) is 12.3. The Labute approximate surface area is 103 Å². The number of hydrogen-bond acceptors (Lipinski definition) is 3. The number of rotatable bonds is 5. The normalized spacial score (nSPS) is 31.8. The third-order valence-corrected chi connectivity index (χ3v) is 4.23. The van der Waals surface area contributed by atoms with E-state index in [1.165, 1.54) is 25.7 Å². The van der Waals surface area contributed by atoms with E-state index in [-0.39, 0.29) is 12.0 Å². The van der Waals surface area contributed by atoms with Gasteiger partial charge < -0.3 is 15.7 Å². The highest BCUT2D eigenvalue weighted by Crippen LogP contribution is 2.28. The summed E-state index contributed by atoms with van der Waals surface area (Å²) in [4.78, 5) is 10.8. The van der Waals surface area contributed by atoms with E-state index in [0.29, 0.717) is 0 Å². The Morgan fingerprint density at radius 2 is 2.24 bits per heavy atom. The lowest BCUT2D eigenvalue weighted by Crippen LogP contribution is -2.69. The van der Waals surface area contributed by atoms with E-state index < -0.39 is 5.97 Å². The van der Waals surface area contributed by atoms with E-state index in [1.807, 2.05) is 0 Å². The average Bonchev–Trinajstić information content (AvgIpc) is 2.21. The second-order valence-electron chi connectivity index (χ2n) is 5.97. The second kappa shape index (κ2) is 5.36. The highest BCUT2D eigenvalue weighted by molar-refractivity contribution is 5.68. The largest absolute Gasteiger partial charge is 0.481 e. The molecule has 1 aliphatic carbocycles. The van der Waals surface area contributed by atoms with Crippen LogP contribution in [0.1, 0.15) is 39.0 Å². The molecular formula is C13H24N2O2. The van der Waals surface area contributed by atoms with Gasteiger partial charge in [0.25, 0.3) is 0 Å². The summed E-state index contributed by atoms with van der Waals surface area (Å²) < 4.78 is 0. The molecule has 0 spiro atoms. The second-order valence-corrected chi connectivity index (χ2v) is 5.97. The predicted molar refractivity (Wildman–Crippen MR) is 67.0 cm³/mol. The Hall–Kier alpha value is -0.610. The van der Waals surface area contributed by atoms with Crippen molar-refractivity contribution < 1.29 is 9.90 Å². The lowest BCUT2D eigenvalue weighted by molar-refractivity contribution is -0.139. The Morgan fingerprint density at radius 3 is 2.76 bits per heavy atom. The minimum atomic E-state index is -0.698. The third kappa shape index (κ3) is 3.42. The van der Waals surface area contributed by atoms with E-state index in [0.717, 1.165) is 31.5 Å².